The Morgan fingerprint density at radius 2 is 2.38 bits per heavy atom. The maximum Gasteiger partial charge on any atom is 0.0717 e. The van der Waals surface area contributed by atoms with Gasteiger partial charge in [-0.05, 0) is 53.7 Å². The summed E-state index contributed by atoms with van der Waals surface area (Å²) in [4.78, 5) is 4.29. The van der Waals surface area contributed by atoms with Crippen LogP contribution in [0.3, 0.4) is 0 Å². The number of aromatic nitrogens is 1. The number of rotatable bonds is 2. The van der Waals surface area contributed by atoms with Crippen LogP contribution in [0.25, 0.3) is 0 Å². The van der Waals surface area contributed by atoms with Crippen molar-refractivity contribution in [1.29, 1.82) is 0 Å². The first-order chi connectivity index (χ1) is 7.57. The summed E-state index contributed by atoms with van der Waals surface area (Å²) < 4.78 is 0.962. The monoisotopic (exact) mass is 284 g/mol. The van der Waals surface area contributed by atoms with Crippen molar-refractivity contribution in [3.63, 3.8) is 0 Å². The molecule has 1 aliphatic rings. The van der Waals surface area contributed by atoms with E-state index in [0.717, 1.165) is 29.4 Å². The molecule has 2 atom stereocenters. The molecule has 2 rings (SSSR count). The van der Waals surface area contributed by atoms with Gasteiger partial charge in [0.25, 0.3) is 0 Å². The predicted octanol–water partition coefficient (Wildman–Crippen LogP) is 2.02. The van der Waals surface area contributed by atoms with Gasteiger partial charge in [-0.3, -0.25) is 4.98 Å². The number of nitrogens with two attached hydrogens (primary N) is 1. The molecule has 0 amide bonds. The Morgan fingerprint density at radius 3 is 3.00 bits per heavy atom. The van der Waals surface area contributed by atoms with Gasteiger partial charge in [0.2, 0.25) is 0 Å². The molecule has 0 saturated heterocycles. The Labute approximate surface area is 104 Å². The molecule has 1 aliphatic carbocycles. The lowest BCUT2D eigenvalue weighted by Gasteiger charge is -2.35. The molecule has 0 radical (unpaired) electrons. The highest BCUT2D eigenvalue weighted by atomic mass is 79.9. The van der Waals surface area contributed by atoms with E-state index in [9.17, 15) is 5.11 Å². The molecule has 4 heteroatoms. The summed E-state index contributed by atoms with van der Waals surface area (Å²) in [7, 11) is 0. The molecule has 3 nitrogen and oxygen atoms in total. The highest BCUT2D eigenvalue weighted by molar-refractivity contribution is 9.10. The van der Waals surface area contributed by atoms with Gasteiger partial charge >= 0.3 is 0 Å². The van der Waals surface area contributed by atoms with Crippen LogP contribution in [0, 0.1) is 0 Å². The molecule has 16 heavy (non-hydrogen) atoms. The van der Waals surface area contributed by atoms with Crippen LogP contribution in [0.5, 0.6) is 0 Å². The van der Waals surface area contributed by atoms with Gasteiger partial charge in [-0.25, -0.2) is 0 Å². The standard InChI is InChI=1S/C12H17BrN2O/c13-9-3-4-11(15-8-9)7-12(16)5-1-2-10(14)6-12/h3-4,8,10,16H,1-2,5-7,14H2. The molecule has 88 valence electrons. The molecule has 1 saturated carbocycles. The molecular weight excluding hydrogens is 268 g/mol. The smallest absolute Gasteiger partial charge is 0.0717 e. The first kappa shape index (κ1) is 12.0. The third kappa shape index (κ3) is 3.03. The van der Waals surface area contributed by atoms with Gasteiger partial charge in [0, 0.05) is 28.8 Å². The predicted molar refractivity (Wildman–Crippen MR) is 67.0 cm³/mol. The minimum Gasteiger partial charge on any atom is -0.389 e. The molecule has 0 aliphatic heterocycles. The lowest BCUT2D eigenvalue weighted by Crippen LogP contribution is -2.42. The summed E-state index contributed by atoms with van der Waals surface area (Å²) >= 11 is 3.35. The molecular formula is C12H17BrN2O. The van der Waals surface area contributed by atoms with E-state index in [1.165, 1.54) is 0 Å². The summed E-state index contributed by atoms with van der Waals surface area (Å²) in [6, 6.07) is 4.03. The highest BCUT2D eigenvalue weighted by Gasteiger charge is 2.33. The Balaban J connectivity index is 2.05. The molecule has 3 N–H and O–H groups in total. The second-order valence-electron chi connectivity index (χ2n) is 4.73. The van der Waals surface area contributed by atoms with Crippen LogP contribution in [0.2, 0.25) is 0 Å². The van der Waals surface area contributed by atoms with Crippen molar-refractivity contribution in [3.8, 4) is 0 Å². The quantitative estimate of drug-likeness (QED) is 0.874. The van der Waals surface area contributed by atoms with Gasteiger partial charge in [0.05, 0.1) is 5.60 Å². The van der Waals surface area contributed by atoms with Crippen molar-refractivity contribution >= 4 is 15.9 Å². The lowest BCUT2D eigenvalue weighted by atomic mass is 9.79. The van der Waals surface area contributed by atoms with E-state index in [2.05, 4.69) is 20.9 Å². The average molecular weight is 285 g/mol. The van der Waals surface area contributed by atoms with Crippen LogP contribution in [-0.2, 0) is 6.42 Å². The zero-order valence-electron chi connectivity index (χ0n) is 9.19. The van der Waals surface area contributed by atoms with Crippen LogP contribution in [-0.4, -0.2) is 21.7 Å². The van der Waals surface area contributed by atoms with Crippen molar-refractivity contribution in [2.24, 2.45) is 5.73 Å². The average Bonchev–Trinajstić information content (AvgIpc) is 2.21. The molecule has 1 heterocycles. The van der Waals surface area contributed by atoms with Crippen molar-refractivity contribution in [2.75, 3.05) is 0 Å². The van der Waals surface area contributed by atoms with Crippen LogP contribution in [0.4, 0.5) is 0 Å². The lowest BCUT2D eigenvalue weighted by molar-refractivity contribution is -0.00269. The Morgan fingerprint density at radius 1 is 1.56 bits per heavy atom. The van der Waals surface area contributed by atoms with Gasteiger partial charge in [-0.15, -0.1) is 0 Å². The van der Waals surface area contributed by atoms with Gasteiger partial charge in [0.1, 0.15) is 0 Å². The molecule has 0 bridgehead atoms. The number of pyridine rings is 1. The van der Waals surface area contributed by atoms with E-state index in [0.29, 0.717) is 12.8 Å². The Hall–Kier alpha value is -0.450. The Bertz CT molecular complexity index is 355. The van der Waals surface area contributed by atoms with Gasteiger partial charge in [-0.2, -0.15) is 0 Å². The number of hydrogen-bond acceptors (Lipinski definition) is 3. The number of hydrogen-bond donors (Lipinski definition) is 2. The maximum absolute atomic E-state index is 10.4. The van der Waals surface area contributed by atoms with Gasteiger partial charge in [-0.1, -0.05) is 0 Å². The van der Waals surface area contributed by atoms with Crippen molar-refractivity contribution in [1.82, 2.24) is 4.98 Å². The fourth-order valence-corrected chi connectivity index (χ4v) is 2.63. The molecule has 0 spiro atoms. The third-order valence-corrected chi connectivity index (χ3v) is 3.63. The second kappa shape index (κ2) is 4.82. The third-order valence-electron chi connectivity index (χ3n) is 3.16. The summed E-state index contributed by atoms with van der Waals surface area (Å²) in [5.74, 6) is 0. The zero-order valence-corrected chi connectivity index (χ0v) is 10.8. The van der Waals surface area contributed by atoms with Crippen LogP contribution in [0.15, 0.2) is 22.8 Å². The molecule has 1 aromatic heterocycles. The maximum atomic E-state index is 10.4. The number of aliphatic hydroxyl groups is 1. The van der Waals surface area contributed by atoms with Gasteiger partial charge < -0.3 is 10.8 Å². The van der Waals surface area contributed by atoms with Crippen LogP contribution >= 0.6 is 15.9 Å². The minimum atomic E-state index is -0.654. The van der Waals surface area contributed by atoms with E-state index < -0.39 is 5.60 Å². The SMILES string of the molecule is NC1CCCC(O)(Cc2ccc(Br)cn2)C1. The second-order valence-corrected chi connectivity index (χ2v) is 5.64. The van der Waals surface area contributed by atoms with Crippen molar-refractivity contribution < 1.29 is 5.11 Å². The molecule has 2 unspecified atom stereocenters. The van der Waals surface area contributed by atoms with Crippen molar-refractivity contribution in [2.45, 2.75) is 43.7 Å². The topological polar surface area (TPSA) is 59.1 Å². The summed E-state index contributed by atoms with van der Waals surface area (Å²) in [5, 5.41) is 10.4. The highest BCUT2D eigenvalue weighted by Crippen LogP contribution is 2.30. The Kier molecular flexibility index (Phi) is 3.62. The van der Waals surface area contributed by atoms with Crippen LogP contribution < -0.4 is 5.73 Å². The number of halogens is 1. The largest absolute Gasteiger partial charge is 0.389 e. The minimum absolute atomic E-state index is 0.134. The number of nitrogens with zero attached hydrogens (tertiary/aromatic N) is 1. The normalized spacial score (nSPS) is 30.3. The van der Waals surface area contributed by atoms with Gasteiger partial charge in [0.15, 0.2) is 0 Å². The molecule has 0 aromatic carbocycles. The van der Waals surface area contributed by atoms with E-state index >= 15 is 0 Å². The van der Waals surface area contributed by atoms with E-state index in [1.807, 2.05) is 12.1 Å². The summed E-state index contributed by atoms with van der Waals surface area (Å²) in [6.45, 7) is 0. The summed E-state index contributed by atoms with van der Waals surface area (Å²) in [6.07, 6.45) is 5.92. The first-order valence-corrected chi connectivity index (χ1v) is 6.45. The molecule has 1 fully saturated rings. The van der Waals surface area contributed by atoms with Crippen LogP contribution in [0.1, 0.15) is 31.4 Å². The first-order valence-electron chi connectivity index (χ1n) is 5.66. The van der Waals surface area contributed by atoms with Crippen molar-refractivity contribution in [3.05, 3.63) is 28.5 Å². The van der Waals surface area contributed by atoms with E-state index in [-0.39, 0.29) is 6.04 Å². The fourth-order valence-electron chi connectivity index (χ4n) is 2.39. The van der Waals surface area contributed by atoms with E-state index in [1.54, 1.807) is 6.20 Å². The fraction of sp³-hybridized carbons (Fsp3) is 0.583. The summed E-state index contributed by atoms with van der Waals surface area (Å²) in [5.41, 5.74) is 6.18. The zero-order chi connectivity index (χ0) is 11.6. The van der Waals surface area contributed by atoms with E-state index in [4.69, 9.17) is 5.73 Å². The molecule has 1 aromatic rings.